The molecule has 1 aliphatic rings. The van der Waals surface area contributed by atoms with Crippen molar-refractivity contribution < 1.29 is 9.53 Å². The van der Waals surface area contributed by atoms with Crippen molar-refractivity contribution in [3.8, 4) is 17.0 Å². The maximum Gasteiger partial charge on any atom is 0.261 e. The second kappa shape index (κ2) is 5.61. The fourth-order valence-electron chi connectivity index (χ4n) is 3.87. The summed E-state index contributed by atoms with van der Waals surface area (Å²) in [4.78, 5) is 19.6. The number of amides is 1. The molecule has 5 rings (SSSR count). The molecule has 1 fully saturated rings. The highest BCUT2D eigenvalue weighted by Crippen LogP contribution is 2.39. The van der Waals surface area contributed by atoms with Gasteiger partial charge in [0.25, 0.3) is 5.91 Å². The minimum Gasteiger partial charge on any atom is -0.477 e. The molecule has 1 aliphatic carbocycles. The Balaban J connectivity index is 1.61. The smallest absolute Gasteiger partial charge is 0.261 e. The molecule has 1 aromatic carbocycles. The summed E-state index contributed by atoms with van der Waals surface area (Å²) in [6.45, 7) is 0. The van der Waals surface area contributed by atoms with Crippen LogP contribution in [0.1, 0.15) is 19.3 Å². The second-order valence-electron chi connectivity index (χ2n) is 7.27. The molecule has 4 aromatic rings. The van der Waals surface area contributed by atoms with Crippen LogP contribution in [0.5, 0.6) is 5.75 Å². The predicted octanol–water partition coefficient (Wildman–Crippen LogP) is 3.51. The number of primary amides is 1. The summed E-state index contributed by atoms with van der Waals surface area (Å²) in [5.74, 6) is 0.284. The van der Waals surface area contributed by atoms with Gasteiger partial charge < -0.3 is 20.0 Å². The van der Waals surface area contributed by atoms with Crippen LogP contribution in [0.3, 0.4) is 0 Å². The Bertz CT molecular complexity index is 1150. The maximum absolute atomic E-state index is 11.8. The van der Waals surface area contributed by atoms with E-state index in [9.17, 15) is 4.79 Å². The normalized spacial score (nSPS) is 15.7. The highest BCUT2D eigenvalue weighted by Gasteiger charge is 2.45. The summed E-state index contributed by atoms with van der Waals surface area (Å²) in [5, 5.41) is 2.12. The lowest BCUT2D eigenvalue weighted by Gasteiger charge is -2.38. The topological polar surface area (TPSA) is 85.9 Å². The SMILES string of the molecule is Cn1cc(-c2cc3cccnc3[nH]2)c2cc(OC3(C(N)=O)CCC3)ccc21. The molecule has 0 atom stereocenters. The number of nitrogens with one attached hydrogen (secondary N) is 1. The van der Waals surface area contributed by atoms with Gasteiger partial charge in [0.05, 0.1) is 0 Å². The zero-order chi connectivity index (χ0) is 18.6. The van der Waals surface area contributed by atoms with Crippen molar-refractivity contribution in [1.82, 2.24) is 14.5 Å². The lowest BCUT2D eigenvalue weighted by atomic mass is 9.79. The minimum atomic E-state index is -0.854. The Labute approximate surface area is 155 Å². The Morgan fingerprint density at radius 2 is 2.15 bits per heavy atom. The van der Waals surface area contributed by atoms with E-state index in [1.807, 2.05) is 37.4 Å². The first-order chi connectivity index (χ1) is 13.1. The number of aryl methyl sites for hydroxylation is 1. The Kier molecular flexibility index (Phi) is 3.31. The summed E-state index contributed by atoms with van der Waals surface area (Å²) in [6.07, 6.45) is 6.18. The van der Waals surface area contributed by atoms with Crippen LogP contribution >= 0.6 is 0 Å². The molecule has 27 heavy (non-hydrogen) atoms. The van der Waals surface area contributed by atoms with E-state index < -0.39 is 5.60 Å². The molecule has 0 radical (unpaired) electrons. The van der Waals surface area contributed by atoms with Crippen LogP contribution in [0.4, 0.5) is 0 Å². The number of pyridine rings is 1. The molecule has 3 N–H and O–H groups in total. The van der Waals surface area contributed by atoms with E-state index in [2.05, 4.69) is 26.8 Å². The van der Waals surface area contributed by atoms with Crippen LogP contribution in [-0.2, 0) is 11.8 Å². The monoisotopic (exact) mass is 360 g/mol. The van der Waals surface area contributed by atoms with E-state index in [4.69, 9.17) is 10.5 Å². The van der Waals surface area contributed by atoms with Gasteiger partial charge in [0, 0.05) is 47.0 Å². The Morgan fingerprint density at radius 1 is 1.30 bits per heavy atom. The molecule has 6 heteroatoms. The van der Waals surface area contributed by atoms with Crippen LogP contribution in [0.15, 0.2) is 48.8 Å². The van der Waals surface area contributed by atoms with Crippen LogP contribution < -0.4 is 10.5 Å². The highest BCUT2D eigenvalue weighted by molar-refractivity contribution is 5.98. The number of aromatic nitrogens is 3. The molecule has 6 nitrogen and oxygen atoms in total. The minimum absolute atomic E-state index is 0.385. The zero-order valence-corrected chi connectivity index (χ0v) is 15.0. The van der Waals surface area contributed by atoms with Crippen molar-refractivity contribution in [3.63, 3.8) is 0 Å². The van der Waals surface area contributed by atoms with Crippen molar-refractivity contribution >= 4 is 27.8 Å². The van der Waals surface area contributed by atoms with Gasteiger partial charge in [0.15, 0.2) is 5.60 Å². The number of rotatable bonds is 4. The van der Waals surface area contributed by atoms with Crippen molar-refractivity contribution in [3.05, 3.63) is 48.8 Å². The lowest BCUT2D eigenvalue weighted by Crippen LogP contribution is -2.54. The number of aromatic amines is 1. The lowest BCUT2D eigenvalue weighted by molar-refractivity contribution is -0.140. The van der Waals surface area contributed by atoms with E-state index in [1.54, 1.807) is 6.20 Å². The van der Waals surface area contributed by atoms with Crippen molar-refractivity contribution in [2.24, 2.45) is 12.8 Å². The van der Waals surface area contributed by atoms with Gasteiger partial charge in [0.2, 0.25) is 0 Å². The first-order valence-electron chi connectivity index (χ1n) is 9.08. The Morgan fingerprint density at radius 3 is 2.85 bits per heavy atom. The molecule has 0 saturated heterocycles. The number of hydrogen-bond donors (Lipinski definition) is 2. The molecule has 0 unspecified atom stereocenters. The number of carbonyl (C=O) groups is 1. The summed E-state index contributed by atoms with van der Waals surface area (Å²) in [7, 11) is 2.02. The van der Waals surface area contributed by atoms with Gasteiger partial charge in [0.1, 0.15) is 11.4 Å². The van der Waals surface area contributed by atoms with Crippen LogP contribution in [-0.4, -0.2) is 26.0 Å². The fourth-order valence-corrected chi connectivity index (χ4v) is 3.87. The number of fused-ring (bicyclic) bond motifs is 2. The van der Waals surface area contributed by atoms with Crippen LogP contribution in [0.25, 0.3) is 33.2 Å². The van der Waals surface area contributed by atoms with E-state index in [1.165, 1.54) is 0 Å². The van der Waals surface area contributed by atoms with Crippen molar-refractivity contribution in [2.75, 3.05) is 0 Å². The third-order valence-corrected chi connectivity index (χ3v) is 5.57. The highest BCUT2D eigenvalue weighted by atomic mass is 16.5. The van der Waals surface area contributed by atoms with Crippen molar-refractivity contribution in [1.29, 1.82) is 0 Å². The number of hydrogen-bond acceptors (Lipinski definition) is 3. The number of nitrogens with zero attached hydrogens (tertiary/aromatic N) is 2. The first-order valence-corrected chi connectivity index (χ1v) is 9.08. The summed E-state index contributed by atoms with van der Waals surface area (Å²) < 4.78 is 8.14. The molecule has 3 aromatic heterocycles. The summed E-state index contributed by atoms with van der Waals surface area (Å²) >= 11 is 0. The molecule has 3 heterocycles. The second-order valence-corrected chi connectivity index (χ2v) is 7.27. The largest absolute Gasteiger partial charge is 0.477 e. The standard InChI is InChI=1S/C21H20N4O2/c1-25-12-16(17-10-13-4-2-9-23-19(13)24-17)15-11-14(5-6-18(15)25)27-21(20(22)26)7-3-8-21/h2,4-6,9-12H,3,7-8H2,1H3,(H2,22,26)(H,23,24). The van der Waals surface area contributed by atoms with E-state index >= 15 is 0 Å². The summed E-state index contributed by atoms with van der Waals surface area (Å²) in [6, 6.07) is 12.0. The molecule has 0 aliphatic heterocycles. The Hall–Kier alpha value is -3.28. The number of benzene rings is 1. The molecule has 0 bridgehead atoms. The zero-order valence-electron chi connectivity index (χ0n) is 15.0. The quantitative estimate of drug-likeness (QED) is 0.584. The number of carbonyl (C=O) groups excluding carboxylic acids is 1. The molecule has 1 saturated carbocycles. The van der Waals surface area contributed by atoms with Gasteiger partial charge in [-0.3, -0.25) is 4.79 Å². The number of nitrogens with two attached hydrogens (primary N) is 1. The van der Waals surface area contributed by atoms with E-state index in [-0.39, 0.29) is 5.91 Å². The van der Waals surface area contributed by atoms with Crippen LogP contribution in [0, 0.1) is 0 Å². The average molecular weight is 360 g/mol. The first kappa shape index (κ1) is 15.9. The predicted molar refractivity (Wildman–Crippen MR) is 104 cm³/mol. The molecular formula is C21H20N4O2. The van der Waals surface area contributed by atoms with Gasteiger partial charge in [-0.1, -0.05) is 0 Å². The van der Waals surface area contributed by atoms with E-state index in [0.717, 1.165) is 39.6 Å². The number of H-pyrrole nitrogens is 1. The maximum atomic E-state index is 11.8. The average Bonchev–Trinajstić information content (AvgIpc) is 3.19. The third-order valence-electron chi connectivity index (χ3n) is 5.57. The number of ether oxygens (including phenoxy) is 1. The molecule has 136 valence electrons. The fraction of sp³-hybridized carbons (Fsp3) is 0.238. The van der Waals surface area contributed by atoms with Gasteiger partial charge in [-0.15, -0.1) is 0 Å². The van der Waals surface area contributed by atoms with Gasteiger partial charge in [-0.05, 0) is 55.7 Å². The third kappa shape index (κ3) is 2.40. The van der Waals surface area contributed by atoms with Gasteiger partial charge >= 0.3 is 0 Å². The molecule has 0 spiro atoms. The van der Waals surface area contributed by atoms with Crippen LogP contribution in [0.2, 0.25) is 0 Å². The molecular weight excluding hydrogens is 340 g/mol. The van der Waals surface area contributed by atoms with Gasteiger partial charge in [-0.2, -0.15) is 0 Å². The van der Waals surface area contributed by atoms with E-state index in [0.29, 0.717) is 18.6 Å². The van der Waals surface area contributed by atoms with Gasteiger partial charge in [-0.25, -0.2) is 4.98 Å². The summed E-state index contributed by atoms with van der Waals surface area (Å²) in [5.41, 5.74) is 8.74. The van der Waals surface area contributed by atoms with Crippen molar-refractivity contribution in [2.45, 2.75) is 24.9 Å². The molecule has 1 amide bonds.